The van der Waals surface area contributed by atoms with E-state index in [0.29, 0.717) is 11.9 Å². The average Bonchev–Trinajstić information content (AvgIpc) is 2.05. The van der Waals surface area contributed by atoms with E-state index in [-0.39, 0.29) is 0 Å². The summed E-state index contributed by atoms with van der Waals surface area (Å²) in [6, 6.07) is 8.71. The van der Waals surface area contributed by atoms with E-state index < -0.39 is 0 Å². The summed E-state index contributed by atoms with van der Waals surface area (Å²) in [5, 5.41) is 0. The second-order valence-electron chi connectivity index (χ2n) is 2.54. The number of nitrogens with zero attached hydrogens (tertiary/aromatic N) is 1. The zero-order valence-electron chi connectivity index (χ0n) is 6.87. The Balaban J connectivity index is 2.91. The summed E-state index contributed by atoms with van der Waals surface area (Å²) in [5.41, 5.74) is 1.30. The molecule has 0 radical (unpaired) electrons. The van der Waals surface area contributed by atoms with Gasteiger partial charge in [-0.3, -0.25) is 0 Å². The Morgan fingerprint density at radius 1 is 1.36 bits per heavy atom. The molecule has 0 heterocycles. The third-order valence-corrected chi connectivity index (χ3v) is 4.46. The fourth-order valence-corrected chi connectivity index (χ4v) is 2.58. The quantitative estimate of drug-likeness (QED) is 0.646. The first-order valence-corrected chi connectivity index (χ1v) is 8.50. The van der Waals surface area contributed by atoms with Gasteiger partial charge in [0.25, 0.3) is 0 Å². The van der Waals surface area contributed by atoms with Gasteiger partial charge in [-0.1, -0.05) is 0 Å². The predicted octanol–water partition coefficient (Wildman–Crippen LogP) is 0.166. The van der Waals surface area contributed by atoms with Gasteiger partial charge in [-0.25, -0.2) is 0 Å². The molecule has 0 aromatic heterocycles. The molecule has 1 aromatic carbocycles. The molecule has 0 fully saturated rings. The van der Waals surface area contributed by atoms with Crippen molar-refractivity contribution < 1.29 is 0 Å². The predicted molar refractivity (Wildman–Crippen MR) is 51.9 cm³/mol. The number of hydrogen-bond acceptors (Lipinski definition) is 1. The van der Waals surface area contributed by atoms with Crippen molar-refractivity contribution in [2.45, 2.75) is 0 Å². The van der Waals surface area contributed by atoms with Crippen molar-refractivity contribution in [1.82, 2.24) is 0 Å². The van der Waals surface area contributed by atoms with Crippen LogP contribution in [0.25, 0.3) is 0 Å². The number of anilines is 1. The molecule has 0 unspecified atom stereocenters. The molecule has 0 atom stereocenters. The van der Waals surface area contributed by atoms with Crippen LogP contribution in [-0.4, -0.2) is 45.5 Å². The maximum absolute atomic E-state index is 2.26. The normalized spacial score (nSPS) is 9.82. The molecule has 54 valence electrons. The summed E-state index contributed by atoms with van der Waals surface area (Å²) < 4.78 is 1.47. The van der Waals surface area contributed by atoms with Crippen molar-refractivity contribution >= 4 is 41.6 Å². The SMILES string of the molecule is CN(C)c1cccc([Se][Mg+])c1. The average molecular weight is 223 g/mol. The van der Waals surface area contributed by atoms with Gasteiger partial charge in [0.05, 0.1) is 0 Å². The molecule has 1 aromatic rings. The Hall–Kier alpha value is 0.306. The summed E-state index contributed by atoms with van der Waals surface area (Å²) in [6.07, 6.45) is 0. The first kappa shape index (κ1) is 9.39. The molecule has 0 spiro atoms. The molecule has 0 N–H and O–H groups in total. The van der Waals surface area contributed by atoms with Crippen molar-refractivity contribution in [2.75, 3.05) is 19.0 Å². The van der Waals surface area contributed by atoms with E-state index in [1.165, 1.54) is 10.1 Å². The molecule has 3 heteroatoms. The molecule has 1 rings (SSSR count). The molecule has 0 saturated heterocycles. The third kappa shape index (κ3) is 2.67. The summed E-state index contributed by atoms with van der Waals surface area (Å²) in [5.74, 6) is 0. The molecular formula is C8H10MgNSe+. The Morgan fingerprint density at radius 2 is 2.09 bits per heavy atom. The Kier molecular flexibility index (Phi) is 3.72. The summed E-state index contributed by atoms with van der Waals surface area (Å²) in [7, 11) is 4.15. The minimum atomic E-state index is 0.645. The zero-order chi connectivity index (χ0) is 8.27. The van der Waals surface area contributed by atoms with Gasteiger partial charge in [-0.2, -0.15) is 0 Å². The standard InChI is InChI=1S/C8H11NSe.Mg/c1-9(2)7-4-3-5-8(10)6-7;/h3-6,10H,1-2H3;/q;+2/p-1. The van der Waals surface area contributed by atoms with Gasteiger partial charge in [0.2, 0.25) is 0 Å². The fraction of sp³-hybridized carbons (Fsp3) is 0.250. The molecule has 11 heavy (non-hydrogen) atoms. The van der Waals surface area contributed by atoms with Crippen LogP contribution in [0.2, 0.25) is 0 Å². The van der Waals surface area contributed by atoms with Gasteiger partial charge in [-0.05, 0) is 0 Å². The van der Waals surface area contributed by atoms with Gasteiger partial charge >= 0.3 is 84.8 Å². The molecule has 0 aliphatic heterocycles. The van der Waals surface area contributed by atoms with Crippen molar-refractivity contribution in [3.8, 4) is 0 Å². The van der Waals surface area contributed by atoms with Crippen LogP contribution in [0.3, 0.4) is 0 Å². The van der Waals surface area contributed by atoms with Crippen LogP contribution >= 0.6 is 0 Å². The van der Waals surface area contributed by atoms with Gasteiger partial charge in [0, 0.05) is 0 Å². The number of hydrogen-bond donors (Lipinski definition) is 0. The molecule has 0 aliphatic rings. The molecule has 0 amide bonds. The monoisotopic (exact) mass is 224 g/mol. The van der Waals surface area contributed by atoms with E-state index in [1.54, 1.807) is 0 Å². The summed E-state index contributed by atoms with van der Waals surface area (Å²) in [6.45, 7) is 0. The molecule has 0 bridgehead atoms. The van der Waals surface area contributed by atoms with Crippen LogP contribution in [0.15, 0.2) is 24.3 Å². The van der Waals surface area contributed by atoms with Crippen LogP contribution < -0.4 is 9.36 Å². The molecule has 0 saturated carbocycles. The van der Waals surface area contributed by atoms with Gasteiger partial charge < -0.3 is 0 Å². The topological polar surface area (TPSA) is 3.24 Å². The Morgan fingerprint density at radius 3 is 2.64 bits per heavy atom. The maximum atomic E-state index is 2.26. The van der Waals surface area contributed by atoms with E-state index >= 15 is 0 Å². The van der Waals surface area contributed by atoms with Crippen molar-refractivity contribution in [1.29, 1.82) is 0 Å². The zero-order valence-corrected chi connectivity index (χ0v) is 10.00. The van der Waals surface area contributed by atoms with Crippen molar-refractivity contribution in [3.63, 3.8) is 0 Å². The van der Waals surface area contributed by atoms with Gasteiger partial charge in [-0.15, -0.1) is 0 Å². The fourth-order valence-electron chi connectivity index (χ4n) is 0.851. The van der Waals surface area contributed by atoms with Crippen LogP contribution in [-0.2, 0) is 0 Å². The Labute approximate surface area is 84.5 Å². The van der Waals surface area contributed by atoms with Crippen LogP contribution in [0.5, 0.6) is 0 Å². The van der Waals surface area contributed by atoms with E-state index in [9.17, 15) is 0 Å². The minimum absolute atomic E-state index is 0.645. The van der Waals surface area contributed by atoms with E-state index in [4.69, 9.17) is 0 Å². The first-order chi connectivity index (χ1) is 5.24. The van der Waals surface area contributed by atoms with Gasteiger partial charge in [0.15, 0.2) is 0 Å². The first-order valence-electron chi connectivity index (χ1n) is 3.43. The summed E-state index contributed by atoms with van der Waals surface area (Å²) in [4.78, 5) is 2.14. The van der Waals surface area contributed by atoms with Crippen molar-refractivity contribution in [2.24, 2.45) is 0 Å². The second-order valence-corrected chi connectivity index (χ2v) is 5.63. The number of rotatable bonds is 2. The number of benzene rings is 1. The molecular weight excluding hydrogens is 213 g/mol. The Bertz CT molecular complexity index is 237. The van der Waals surface area contributed by atoms with Crippen LogP contribution in [0.1, 0.15) is 0 Å². The third-order valence-electron chi connectivity index (χ3n) is 1.50. The van der Waals surface area contributed by atoms with Crippen LogP contribution in [0, 0.1) is 0 Å². The molecule has 0 aliphatic carbocycles. The van der Waals surface area contributed by atoms with Gasteiger partial charge in [0.1, 0.15) is 0 Å². The van der Waals surface area contributed by atoms with Crippen LogP contribution in [0.4, 0.5) is 5.69 Å². The molecule has 1 nitrogen and oxygen atoms in total. The van der Waals surface area contributed by atoms with E-state index in [0.717, 1.165) is 0 Å². The van der Waals surface area contributed by atoms with E-state index in [1.807, 2.05) is 0 Å². The van der Waals surface area contributed by atoms with E-state index in [2.05, 4.69) is 62.8 Å². The second kappa shape index (κ2) is 4.36. The summed E-state index contributed by atoms with van der Waals surface area (Å²) >= 11 is 2.70. The van der Waals surface area contributed by atoms with Crippen molar-refractivity contribution in [3.05, 3.63) is 24.3 Å².